The van der Waals surface area contributed by atoms with Gasteiger partial charge in [-0.15, -0.1) is 6.58 Å². The van der Waals surface area contributed by atoms with E-state index in [9.17, 15) is 0 Å². The van der Waals surface area contributed by atoms with Crippen molar-refractivity contribution >= 4 is 57.3 Å². The monoisotopic (exact) mass is 440 g/mol. The van der Waals surface area contributed by atoms with E-state index in [0.717, 1.165) is 23.4 Å². The molecule has 1 N–H and O–H groups in total. The molecular formula is C31H29BN2. The third kappa shape index (κ3) is 3.84. The minimum Gasteiger partial charge on any atom is -0.354 e. The minimum atomic E-state index is 0.759. The number of hydrogen-bond acceptors (Lipinski definition) is 1. The number of nitrogens with zero attached hydrogens (tertiary/aromatic N) is 1. The highest BCUT2D eigenvalue weighted by Crippen LogP contribution is 2.46. The summed E-state index contributed by atoms with van der Waals surface area (Å²) in [5.74, 6) is 0. The molecule has 2 radical (unpaired) electrons. The van der Waals surface area contributed by atoms with Crippen molar-refractivity contribution in [1.82, 2.24) is 4.57 Å². The summed E-state index contributed by atoms with van der Waals surface area (Å²) in [6, 6.07) is 23.7. The van der Waals surface area contributed by atoms with Gasteiger partial charge in [-0.25, -0.2) is 0 Å². The summed E-state index contributed by atoms with van der Waals surface area (Å²) in [7, 11) is 6.12. The average molecular weight is 440 g/mol. The molecule has 0 unspecified atom stereocenters. The molecule has 1 aromatic heterocycles. The predicted molar refractivity (Wildman–Crippen MR) is 153 cm³/mol. The molecule has 3 heteroatoms. The van der Waals surface area contributed by atoms with E-state index < -0.39 is 0 Å². The number of benzene rings is 4. The lowest BCUT2D eigenvalue weighted by Gasteiger charge is -2.23. The number of anilines is 2. The van der Waals surface area contributed by atoms with Crippen LogP contribution in [0.1, 0.15) is 13.8 Å². The molecule has 1 aliphatic heterocycles. The molecule has 0 saturated carbocycles. The Hall–Kier alpha value is -3.98. The van der Waals surface area contributed by atoms with Crippen LogP contribution in [0.5, 0.6) is 0 Å². The summed E-state index contributed by atoms with van der Waals surface area (Å²) in [6.07, 6.45) is 5.22. The molecule has 5 aromatic rings. The zero-order valence-corrected chi connectivity index (χ0v) is 19.9. The zero-order chi connectivity index (χ0) is 24.2. The van der Waals surface area contributed by atoms with Crippen molar-refractivity contribution in [3.05, 3.63) is 105 Å². The van der Waals surface area contributed by atoms with Crippen molar-refractivity contribution in [2.24, 2.45) is 0 Å². The molecule has 1 aliphatic rings. The normalized spacial score (nSPS) is 10.9. The smallest absolute Gasteiger partial charge is 0.113 e. The fraction of sp³-hybridized carbons (Fsp3) is 0.0968. The second-order valence-electron chi connectivity index (χ2n) is 7.90. The van der Waals surface area contributed by atoms with Crippen LogP contribution in [-0.2, 0) is 6.54 Å². The first kappa shape index (κ1) is 23.2. The van der Waals surface area contributed by atoms with Gasteiger partial charge in [0, 0.05) is 45.2 Å². The van der Waals surface area contributed by atoms with Gasteiger partial charge in [-0.2, -0.15) is 0 Å². The van der Waals surface area contributed by atoms with Crippen LogP contribution in [0.3, 0.4) is 0 Å². The maximum Gasteiger partial charge on any atom is 0.113 e. The SMILES string of the molecule is C=CC=C.CC.[B]c1ccc2c(c1)c1cc3c(cc1n2CC=C)Nc1cccc2cccc-3c12. The van der Waals surface area contributed by atoms with Crippen LogP contribution in [0.2, 0.25) is 0 Å². The summed E-state index contributed by atoms with van der Waals surface area (Å²) in [5, 5.41) is 8.61. The number of aromatic nitrogens is 1. The Labute approximate surface area is 203 Å². The predicted octanol–water partition coefficient (Wildman–Crippen LogP) is 8.04. The van der Waals surface area contributed by atoms with E-state index in [-0.39, 0.29) is 0 Å². The van der Waals surface area contributed by atoms with Crippen molar-refractivity contribution in [2.45, 2.75) is 20.4 Å². The lowest BCUT2D eigenvalue weighted by Crippen LogP contribution is -2.02. The van der Waals surface area contributed by atoms with Gasteiger partial charge in [0.25, 0.3) is 0 Å². The summed E-state index contributed by atoms with van der Waals surface area (Å²) in [6.45, 7) is 15.4. The van der Waals surface area contributed by atoms with Crippen molar-refractivity contribution in [1.29, 1.82) is 0 Å². The minimum absolute atomic E-state index is 0.759. The van der Waals surface area contributed by atoms with Gasteiger partial charge in [0.15, 0.2) is 0 Å². The Morgan fingerprint density at radius 3 is 2.21 bits per heavy atom. The lowest BCUT2D eigenvalue weighted by molar-refractivity contribution is 0.901. The Morgan fingerprint density at radius 2 is 1.50 bits per heavy atom. The van der Waals surface area contributed by atoms with Gasteiger partial charge in [-0.3, -0.25) is 0 Å². The van der Waals surface area contributed by atoms with E-state index in [1.807, 2.05) is 26.0 Å². The third-order valence-electron chi connectivity index (χ3n) is 5.97. The first-order valence-corrected chi connectivity index (χ1v) is 11.6. The van der Waals surface area contributed by atoms with Crippen molar-refractivity contribution < 1.29 is 0 Å². The van der Waals surface area contributed by atoms with E-state index in [0.29, 0.717) is 0 Å². The highest BCUT2D eigenvalue weighted by atomic mass is 15.0. The molecule has 0 saturated heterocycles. The van der Waals surface area contributed by atoms with Gasteiger partial charge in [0.1, 0.15) is 7.85 Å². The second-order valence-corrected chi connectivity index (χ2v) is 7.90. The highest BCUT2D eigenvalue weighted by molar-refractivity contribution is 6.34. The van der Waals surface area contributed by atoms with Gasteiger partial charge in [-0.1, -0.05) is 93.2 Å². The van der Waals surface area contributed by atoms with Crippen LogP contribution < -0.4 is 10.8 Å². The molecule has 0 amide bonds. The van der Waals surface area contributed by atoms with E-state index in [1.54, 1.807) is 12.2 Å². The third-order valence-corrected chi connectivity index (χ3v) is 5.97. The fourth-order valence-corrected chi connectivity index (χ4v) is 4.63. The molecule has 2 nitrogen and oxygen atoms in total. The molecule has 0 spiro atoms. The van der Waals surface area contributed by atoms with E-state index >= 15 is 0 Å². The van der Waals surface area contributed by atoms with E-state index in [4.69, 9.17) is 7.85 Å². The Bertz CT molecular complexity index is 1530. The number of hydrogen-bond donors (Lipinski definition) is 1. The van der Waals surface area contributed by atoms with Gasteiger partial charge < -0.3 is 9.88 Å². The number of fused-ring (bicyclic) bond motifs is 5. The van der Waals surface area contributed by atoms with Gasteiger partial charge in [0.05, 0.1) is 5.52 Å². The van der Waals surface area contributed by atoms with Crippen LogP contribution in [0.4, 0.5) is 11.4 Å². The number of allylic oxidation sites excluding steroid dienone is 3. The Morgan fingerprint density at radius 1 is 0.794 bits per heavy atom. The maximum absolute atomic E-state index is 6.12. The van der Waals surface area contributed by atoms with Crippen molar-refractivity contribution in [3.8, 4) is 11.1 Å². The quantitative estimate of drug-likeness (QED) is 0.167. The Kier molecular flexibility index (Phi) is 6.74. The summed E-state index contributed by atoms with van der Waals surface area (Å²) < 4.78 is 2.31. The average Bonchev–Trinajstić information content (AvgIpc) is 3.16. The van der Waals surface area contributed by atoms with Crippen LogP contribution in [-0.4, -0.2) is 12.4 Å². The molecule has 0 atom stereocenters. The molecular weight excluding hydrogens is 411 g/mol. The Balaban J connectivity index is 0.000000417. The molecule has 166 valence electrons. The topological polar surface area (TPSA) is 17.0 Å². The summed E-state index contributed by atoms with van der Waals surface area (Å²) in [5.41, 5.74) is 7.97. The first-order chi connectivity index (χ1) is 16.7. The van der Waals surface area contributed by atoms with Crippen molar-refractivity contribution in [3.63, 3.8) is 0 Å². The van der Waals surface area contributed by atoms with Crippen molar-refractivity contribution in [2.75, 3.05) is 5.32 Å². The van der Waals surface area contributed by atoms with Crippen LogP contribution >= 0.6 is 0 Å². The largest absolute Gasteiger partial charge is 0.354 e. The zero-order valence-electron chi connectivity index (χ0n) is 19.9. The van der Waals surface area contributed by atoms with Crippen LogP contribution in [0, 0.1) is 0 Å². The fourth-order valence-electron chi connectivity index (χ4n) is 4.63. The van der Waals surface area contributed by atoms with E-state index in [1.165, 1.54) is 43.7 Å². The van der Waals surface area contributed by atoms with Crippen LogP contribution in [0.25, 0.3) is 43.7 Å². The first-order valence-electron chi connectivity index (χ1n) is 11.6. The number of nitrogens with one attached hydrogen (secondary N) is 1. The molecule has 0 aliphatic carbocycles. The molecule has 4 aromatic carbocycles. The molecule has 0 bridgehead atoms. The molecule has 34 heavy (non-hydrogen) atoms. The summed E-state index contributed by atoms with van der Waals surface area (Å²) in [4.78, 5) is 0. The summed E-state index contributed by atoms with van der Waals surface area (Å²) >= 11 is 0. The van der Waals surface area contributed by atoms with Crippen LogP contribution in [0.15, 0.2) is 105 Å². The highest BCUT2D eigenvalue weighted by Gasteiger charge is 2.20. The van der Waals surface area contributed by atoms with Gasteiger partial charge >= 0.3 is 0 Å². The maximum atomic E-state index is 6.12. The van der Waals surface area contributed by atoms with Gasteiger partial charge in [0.2, 0.25) is 0 Å². The molecule has 2 heterocycles. The standard InChI is InChI=1S/C25H17BN2.C4H6.C2H6/c1-2-11-28-23-10-9-16(26)12-19(23)20-13-18-17-7-3-5-15-6-4-8-21(25(15)17)27-22(18)14-24(20)28;1-3-4-2;1-2/h2-10,12-14,27H,1,11H2;3-4H,1-2H2;1-2H3. The van der Waals surface area contributed by atoms with E-state index in [2.05, 4.69) is 90.3 Å². The van der Waals surface area contributed by atoms with Gasteiger partial charge in [-0.05, 0) is 35.2 Å². The second kappa shape index (κ2) is 9.88. The number of rotatable bonds is 3. The lowest BCUT2D eigenvalue weighted by atomic mass is 9.90. The molecule has 0 fully saturated rings. The molecule has 6 rings (SSSR count).